The number of benzene rings is 1. The summed E-state index contributed by atoms with van der Waals surface area (Å²) in [7, 11) is -1.69. The molecular weight excluding hydrogens is 360 g/mol. The Morgan fingerprint density at radius 3 is 2.65 bits per heavy atom. The zero-order valence-corrected chi connectivity index (χ0v) is 15.2. The molecule has 0 bridgehead atoms. The van der Waals surface area contributed by atoms with E-state index in [1.807, 2.05) is 0 Å². The van der Waals surface area contributed by atoms with Crippen molar-refractivity contribution in [1.82, 2.24) is 9.21 Å². The predicted octanol–water partition coefficient (Wildman–Crippen LogP) is 2.54. The lowest BCUT2D eigenvalue weighted by atomic mass is 10.1. The van der Waals surface area contributed by atoms with Crippen LogP contribution in [0.2, 0.25) is 0 Å². The number of carbonyl (C=O) groups excluding carboxylic acids is 1. The highest BCUT2D eigenvalue weighted by Crippen LogP contribution is 2.23. The summed E-state index contributed by atoms with van der Waals surface area (Å²) >= 11 is 0. The Morgan fingerprint density at radius 1 is 1.35 bits per heavy atom. The van der Waals surface area contributed by atoms with E-state index in [4.69, 9.17) is 11.1 Å². The van der Waals surface area contributed by atoms with E-state index < -0.39 is 10.0 Å². The van der Waals surface area contributed by atoms with Gasteiger partial charge in [0.2, 0.25) is 10.0 Å². The summed E-state index contributed by atoms with van der Waals surface area (Å²) in [5.74, 6) is -0.331. The molecule has 2 rings (SSSR count). The first-order chi connectivity index (χ1) is 12.3. The third-order valence-corrected chi connectivity index (χ3v) is 5.43. The standard InChI is InChI=1S/C14H18N8O3S/c1-21(13-3-4-22(9-13)26(2,24)25)14(23)11-5-10(8-17-19-15)6-12(7-11)18-20-16/h5-7,13H,3-4,8-9H2,1-2H3. The Hall–Kier alpha value is -2.78. The number of nitrogens with zero attached hydrogens (tertiary/aromatic N) is 8. The molecule has 1 saturated heterocycles. The third-order valence-electron chi connectivity index (χ3n) is 4.16. The molecule has 0 saturated carbocycles. The Bertz CT molecular complexity index is 903. The Kier molecular flexibility index (Phi) is 6.06. The van der Waals surface area contributed by atoms with Gasteiger partial charge in [0.25, 0.3) is 5.91 Å². The van der Waals surface area contributed by atoms with Crippen LogP contribution >= 0.6 is 0 Å². The first-order valence-electron chi connectivity index (χ1n) is 7.68. The van der Waals surface area contributed by atoms with E-state index in [1.165, 1.54) is 21.3 Å². The molecule has 0 aromatic heterocycles. The van der Waals surface area contributed by atoms with Gasteiger partial charge < -0.3 is 4.90 Å². The van der Waals surface area contributed by atoms with Gasteiger partial charge in [-0.1, -0.05) is 10.2 Å². The summed E-state index contributed by atoms with van der Waals surface area (Å²) in [6.07, 6.45) is 1.68. The molecule has 1 atom stereocenters. The van der Waals surface area contributed by atoms with Crippen LogP contribution in [0.5, 0.6) is 0 Å². The summed E-state index contributed by atoms with van der Waals surface area (Å²) in [5, 5.41) is 6.96. The van der Waals surface area contributed by atoms with Crippen molar-refractivity contribution >= 4 is 21.6 Å². The lowest BCUT2D eigenvalue weighted by Gasteiger charge is -2.25. The van der Waals surface area contributed by atoms with E-state index >= 15 is 0 Å². The summed E-state index contributed by atoms with van der Waals surface area (Å²) in [6, 6.07) is 4.29. The molecule has 1 aliphatic rings. The first-order valence-corrected chi connectivity index (χ1v) is 9.53. The number of sulfonamides is 1. The lowest BCUT2D eigenvalue weighted by Crippen LogP contribution is -2.39. The predicted molar refractivity (Wildman–Crippen MR) is 95.0 cm³/mol. The van der Waals surface area contributed by atoms with E-state index in [9.17, 15) is 13.2 Å². The van der Waals surface area contributed by atoms with E-state index in [1.54, 1.807) is 13.1 Å². The molecule has 11 nitrogen and oxygen atoms in total. The van der Waals surface area contributed by atoms with Crippen molar-refractivity contribution in [3.63, 3.8) is 0 Å². The molecule has 1 amide bonds. The van der Waals surface area contributed by atoms with E-state index in [2.05, 4.69) is 20.1 Å². The zero-order chi connectivity index (χ0) is 19.3. The van der Waals surface area contributed by atoms with E-state index in [-0.39, 0.29) is 36.3 Å². The molecule has 1 aromatic rings. The Balaban J connectivity index is 2.26. The fourth-order valence-electron chi connectivity index (χ4n) is 2.81. The van der Waals surface area contributed by atoms with Crippen LogP contribution in [0.4, 0.5) is 5.69 Å². The van der Waals surface area contributed by atoms with Crippen molar-refractivity contribution in [2.24, 2.45) is 10.2 Å². The van der Waals surface area contributed by atoms with Gasteiger partial charge in [-0.05, 0) is 41.2 Å². The van der Waals surface area contributed by atoms with Gasteiger partial charge in [-0.15, -0.1) is 0 Å². The molecule has 12 heteroatoms. The summed E-state index contributed by atoms with van der Waals surface area (Å²) in [5.41, 5.74) is 18.1. The highest BCUT2D eigenvalue weighted by atomic mass is 32.2. The molecule has 1 unspecified atom stereocenters. The summed E-state index contributed by atoms with van der Waals surface area (Å²) in [4.78, 5) is 19.7. The SMILES string of the molecule is CN(C(=O)c1cc(CN=[N+]=[N-])cc(N=[N+]=[N-])c1)C1CCN(S(C)(=O)=O)C1. The van der Waals surface area contributed by atoms with Crippen LogP contribution in [-0.2, 0) is 16.6 Å². The molecular formula is C14H18N8O3S. The number of azide groups is 2. The van der Waals surface area contributed by atoms with Crippen LogP contribution in [0.15, 0.2) is 28.4 Å². The number of carbonyl (C=O) groups is 1. The molecule has 0 spiro atoms. The molecule has 0 radical (unpaired) electrons. The van der Waals surface area contributed by atoms with E-state index in [0.29, 0.717) is 18.5 Å². The van der Waals surface area contributed by atoms with Crippen LogP contribution in [0.25, 0.3) is 20.9 Å². The van der Waals surface area contributed by atoms with Crippen molar-refractivity contribution < 1.29 is 13.2 Å². The van der Waals surface area contributed by atoms with Gasteiger partial charge in [0, 0.05) is 47.3 Å². The number of hydrogen-bond acceptors (Lipinski definition) is 5. The maximum Gasteiger partial charge on any atom is 0.253 e. The molecule has 1 aliphatic heterocycles. The lowest BCUT2D eigenvalue weighted by molar-refractivity contribution is 0.0740. The van der Waals surface area contributed by atoms with Gasteiger partial charge in [0.05, 0.1) is 12.8 Å². The van der Waals surface area contributed by atoms with Crippen molar-refractivity contribution in [3.8, 4) is 0 Å². The van der Waals surface area contributed by atoms with Gasteiger partial charge in [0.15, 0.2) is 0 Å². The molecule has 0 N–H and O–H groups in total. The summed E-state index contributed by atoms with van der Waals surface area (Å²) in [6.45, 7) is 0.616. The molecule has 138 valence electrons. The number of hydrogen-bond donors (Lipinski definition) is 0. The van der Waals surface area contributed by atoms with Gasteiger partial charge in [0.1, 0.15) is 0 Å². The van der Waals surface area contributed by atoms with Crippen molar-refractivity contribution in [3.05, 3.63) is 50.2 Å². The second-order valence-corrected chi connectivity index (χ2v) is 7.93. The van der Waals surface area contributed by atoms with Crippen LogP contribution in [0.3, 0.4) is 0 Å². The average molecular weight is 378 g/mol. The molecule has 1 aromatic carbocycles. The van der Waals surface area contributed by atoms with Crippen LogP contribution in [0, 0.1) is 0 Å². The third kappa shape index (κ3) is 4.64. The smallest absolute Gasteiger partial charge is 0.253 e. The monoisotopic (exact) mass is 378 g/mol. The maximum absolute atomic E-state index is 12.8. The Morgan fingerprint density at radius 2 is 2.08 bits per heavy atom. The van der Waals surface area contributed by atoms with Crippen LogP contribution in [-0.4, -0.2) is 56.0 Å². The minimum absolute atomic E-state index is 0.0145. The van der Waals surface area contributed by atoms with Crippen molar-refractivity contribution in [1.29, 1.82) is 0 Å². The van der Waals surface area contributed by atoms with Gasteiger partial charge in [-0.2, -0.15) is 0 Å². The second kappa shape index (κ2) is 8.07. The van der Waals surface area contributed by atoms with Crippen LogP contribution in [0.1, 0.15) is 22.3 Å². The highest BCUT2D eigenvalue weighted by molar-refractivity contribution is 7.88. The number of rotatable bonds is 6. The topological polar surface area (TPSA) is 155 Å². The van der Waals surface area contributed by atoms with Crippen LogP contribution < -0.4 is 0 Å². The van der Waals surface area contributed by atoms with Gasteiger partial charge in [-0.25, -0.2) is 12.7 Å². The van der Waals surface area contributed by atoms with Crippen molar-refractivity contribution in [2.45, 2.75) is 19.0 Å². The second-order valence-electron chi connectivity index (χ2n) is 5.95. The maximum atomic E-state index is 12.8. The van der Waals surface area contributed by atoms with Crippen molar-refractivity contribution in [2.75, 3.05) is 26.4 Å². The number of amides is 1. The zero-order valence-electron chi connectivity index (χ0n) is 14.3. The van der Waals surface area contributed by atoms with Gasteiger partial charge >= 0.3 is 0 Å². The largest absolute Gasteiger partial charge is 0.337 e. The molecule has 0 aliphatic carbocycles. The highest BCUT2D eigenvalue weighted by Gasteiger charge is 2.33. The summed E-state index contributed by atoms with van der Waals surface area (Å²) < 4.78 is 24.6. The minimum Gasteiger partial charge on any atom is -0.337 e. The number of likely N-dealkylation sites (N-methyl/N-ethyl adjacent to an activating group) is 1. The molecule has 1 heterocycles. The molecule has 1 fully saturated rings. The fraction of sp³-hybridized carbons (Fsp3) is 0.500. The first kappa shape index (κ1) is 19.5. The normalized spacial score (nSPS) is 17.2. The van der Waals surface area contributed by atoms with Gasteiger partial charge in [-0.3, -0.25) is 4.79 Å². The Labute approximate surface area is 150 Å². The minimum atomic E-state index is -3.30. The quantitative estimate of drug-likeness (QED) is 0.424. The fourth-order valence-corrected chi connectivity index (χ4v) is 3.69. The average Bonchev–Trinajstić information content (AvgIpc) is 3.09. The molecule has 26 heavy (non-hydrogen) atoms. The van der Waals surface area contributed by atoms with E-state index in [0.717, 1.165) is 6.26 Å².